The van der Waals surface area contributed by atoms with Crippen LogP contribution in [0.2, 0.25) is 0 Å². The van der Waals surface area contributed by atoms with Crippen LogP contribution in [0, 0.1) is 0 Å². The van der Waals surface area contributed by atoms with Crippen LogP contribution in [0.25, 0.3) is 137 Å². The van der Waals surface area contributed by atoms with Gasteiger partial charge in [-0.2, -0.15) is 0 Å². The molecule has 0 saturated heterocycles. The van der Waals surface area contributed by atoms with Crippen LogP contribution in [-0.4, -0.2) is 13.7 Å². The first-order valence-corrected chi connectivity index (χ1v) is 23.9. The predicted octanol–water partition coefficient (Wildman–Crippen LogP) is 17.8. The van der Waals surface area contributed by atoms with Crippen molar-refractivity contribution in [1.29, 1.82) is 0 Å². The highest BCUT2D eigenvalue weighted by Crippen LogP contribution is 2.48. The molecule has 0 radical (unpaired) electrons. The average molecular weight is 876 g/mol. The molecule has 3 heterocycles. The molecule has 69 heavy (non-hydrogen) atoms. The number of benzene rings is 12. The SMILES string of the molecule is c1ccc(-n2c3ccccc3c3c4ccccc4c(-c4ccc5c6c7ccccc7c(-c7cc8c(c9ccccc79)c7ccccc7n8-c7ccccc7)cc6n(-c6ccccc6)c5c4)cc32)cc1. The lowest BCUT2D eigenvalue weighted by molar-refractivity contribution is 1.18. The summed E-state index contributed by atoms with van der Waals surface area (Å²) in [7, 11) is 0. The molecule has 0 saturated carbocycles. The summed E-state index contributed by atoms with van der Waals surface area (Å²) in [6.07, 6.45) is 0. The van der Waals surface area contributed by atoms with Crippen molar-refractivity contribution in [2.45, 2.75) is 0 Å². The minimum absolute atomic E-state index is 1.13. The maximum absolute atomic E-state index is 2.51. The van der Waals surface area contributed by atoms with Crippen molar-refractivity contribution in [2.24, 2.45) is 0 Å². The van der Waals surface area contributed by atoms with E-state index in [1.807, 2.05) is 0 Å². The first-order valence-electron chi connectivity index (χ1n) is 23.9. The van der Waals surface area contributed by atoms with Gasteiger partial charge in [-0.05, 0) is 127 Å². The van der Waals surface area contributed by atoms with E-state index in [4.69, 9.17) is 0 Å². The zero-order valence-electron chi connectivity index (χ0n) is 37.5. The average Bonchev–Trinajstić information content (AvgIpc) is 4.06. The smallest absolute Gasteiger partial charge is 0.0553 e. The summed E-state index contributed by atoms with van der Waals surface area (Å²) < 4.78 is 7.39. The Balaban J connectivity index is 1.05. The summed E-state index contributed by atoms with van der Waals surface area (Å²) in [5.74, 6) is 0. The van der Waals surface area contributed by atoms with E-state index in [1.165, 1.54) is 120 Å². The molecule has 0 aliphatic heterocycles. The quantitative estimate of drug-likeness (QED) is 0.164. The van der Waals surface area contributed by atoms with E-state index in [-0.39, 0.29) is 0 Å². The highest BCUT2D eigenvalue weighted by Gasteiger charge is 2.24. The number of nitrogens with zero attached hydrogens (tertiary/aromatic N) is 3. The van der Waals surface area contributed by atoms with Crippen LogP contribution in [0.4, 0.5) is 0 Å². The number of aromatic nitrogens is 3. The maximum atomic E-state index is 2.51. The van der Waals surface area contributed by atoms with Crippen molar-refractivity contribution >= 4 is 97.7 Å². The van der Waals surface area contributed by atoms with Gasteiger partial charge in [0.1, 0.15) is 0 Å². The third-order valence-corrected chi connectivity index (χ3v) is 14.8. The zero-order chi connectivity index (χ0) is 45.2. The summed E-state index contributed by atoms with van der Waals surface area (Å²) in [6.45, 7) is 0. The van der Waals surface area contributed by atoms with Gasteiger partial charge in [0, 0.05) is 49.4 Å². The second-order valence-corrected chi connectivity index (χ2v) is 18.4. The number of fused-ring (bicyclic) bond motifs is 15. The monoisotopic (exact) mass is 875 g/mol. The van der Waals surface area contributed by atoms with Gasteiger partial charge in [0.05, 0.1) is 33.1 Å². The van der Waals surface area contributed by atoms with Crippen molar-refractivity contribution < 1.29 is 0 Å². The fourth-order valence-corrected chi connectivity index (χ4v) is 12.0. The minimum Gasteiger partial charge on any atom is -0.309 e. The number of hydrogen-bond donors (Lipinski definition) is 0. The van der Waals surface area contributed by atoms with Crippen molar-refractivity contribution in [3.63, 3.8) is 0 Å². The van der Waals surface area contributed by atoms with Crippen LogP contribution in [0.5, 0.6) is 0 Å². The molecule has 0 atom stereocenters. The third kappa shape index (κ3) is 5.44. The molecule has 0 spiro atoms. The standard InChI is InChI=1S/C66H41N3/c1-4-20-43(21-5-1)67-58-34-18-16-32-52(58)64-49-29-13-10-26-46(49)55(39-61(64)67)42-36-37-54-60(38-42)69(45-24-8-3-9-25-45)63-41-57(48-28-12-15-31-51(48)66(54)63)56-40-62-65(50-30-14-11-27-47(50)56)53-33-17-19-35-59(53)68(62)44-22-6-2-7-23-44/h1-41H. The summed E-state index contributed by atoms with van der Waals surface area (Å²) in [4.78, 5) is 0. The molecule has 0 bridgehead atoms. The van der Waals surface area contributed by atoms with Gasteiger partial charge < -0.3 is 13.7 Å². The van der Waals surface area contributed by atoms with Gasteiger partial charge in [0.25, 0.3) is 0 Å². The number of rotatable bonds is 5. The van der Waals surface area contributed by atoms with Crippen LogP contribution < -0.4 is 0 Å². The van der Waals surface area contributed by atoms with Crippen LogP contribution in [0.15, 0.2) is 249 Å². The molecule has 0 N–H and O–H groups in total. The normalized spacial score (nSPS) is 12.1. The van der Waals surface area contributed by atoms with E-state index >= 15 is 0 Å². The molecule has 15 rings (SSSR count). The third-order valence-electron chi connectivity index (χ3n) is 14.8. The lowest BCUT2D eigenvalue weighted by Gasteiger charge is -2.16. The molecular weight excluding hydrogens is 835 g/mol. The van der Waals surface area contributed by atoms with Crippen molar-refractivity contribution in [3.05, 3.63) is 249 Å². The van der Waals surface area contributed by atoms with Gasteiger partial charge in [0.15, 0.2) is 0 Å². The van der Waals surface area contributed by atoms with Crippen molar-refractivity contribution in [2.75, 3.05) is 0 Å². The molecular formula is C66H41N3. The molecule has 0 fully saturated rings. The van der Waals surface area contributed by atoms with Crippen molar-refractivity contribution in [1.82, 2.24) is 13.7 Å². The Morgan fingerprint density at radius 2 is 0.493 bits per heavy atom. The Bertz CT molecular complexity index is 4570. The molecule has 320 valence electrons. The zero-order valence-corrected chi connectivity index (χ0v) is 37.5. The van der Waals surface area contributed by atoms with Crippen LogP contribution in [0.3, 0.4) is 0 Å². The number of para-hydroxylation sites is 5. The lowest BCUT2D eigenvalue weighted by Crippen LogP contribution is -1.96. The first-order chi connectivity index (χ1) is 34.3. The number of hydrogen-bond acceptors (Lipinski definition) is 0. The van der Waals surface area contributed by atoms with E-state index in [0.29, 0.717) is 0 Å². The van der Waals surface area contributed by atoms with Gasteiger partial charge in [0.2, 0.25) is 0 Å². The second kappa shape index (κ2) is 14.7. The first kappa shape index (κ1) is 38.0. The molecule has 3 nitrogen and oxygen atoms in total. The van der Waals surface area contributed by atoms with E-state index < -0.39 is 0 Å². The topological polar surface area (TPSA) is 14.8 Å². The lowest BCUT2D eigenvalue weighted by atomic mass is 9.90. The van der Waals surface area contributed by atoms with Gasteiger partial charge in [-0.1, -0.05) is 176 Å². The summed E-state index contributed by atoms with van der Waals surface area (Å²) in [5.41, 5.74) is 15.4. The van der Waals surface area contributed by atoms with Crippen LogP contribution >= 0.6 is 0 Å². The Morgan fingerprint density at radius 3 is 0.913 bits per heavy atom. The Labute approximate surface area is 397 Å². The van der Waals surface area contributed by atoms with E-state index in [2.05, 4.69) is 262 Å². The molecule has 0 unspecified atom stereocenters. The van der Waals surface area contributed by atoms with Gasteiger partial charge >= 0.3 is 0 Å². The Kier molecular flexibility index (Phi) is 8.07. The van der Waals surface area contributed by atoms with E-state index in [9.17, 15) is 0 Å². The molecule has 12 aromatic carbocycles. The molecule has 3 heteroatoms. The van der Waals surface area contributed by atoms with Crippen LogP contribution in [-0.2, 0) is 0 Å². The van der Waals surface area contributed by atoms with Crippen molar-refractivity contribution in [3.8, 4) is 39.3 Å². The minimum atomic E-state index is 1.13. The largest absolute Gasteiger partial charge is 0.309 e. The fourth-order valence-electron chi connectivity index (χ4n) is 12.0. The van der Waals surface area contributed by atoms with Gasteiger partial charge in [-0.25, -0.2) is 0 Å². The molecule has 15 aromatic rings. The van der Waals surface area contributed by atoms with E-state index in [0.717, 1.165) is 17.1 Å². The predicted molar refractivity (Wildman–Crippen MR) is 293 cm³/mol. The summed E-state index contributed by atoms with van der Waals surface area (Å²) in [6, 6.07) is 91.8. The summed E-state index contributed by atoms with van der Waals surface area (Å²) >= 11 is 0. The molecule has 0 aliphatic rings. The summed E-state index contributed by atoms with van der Waals surface area (Å²) in [5, 5.41) is 15.0. The fraction of sp³-hybridized carbons (Fsp3) is 0. The Hall–Kier alpha value is -9.18. The molecule has 3 aromatic heterocycles. The van der Waals surface area contributed by atoms with E-state index in [1.54, 1.807) is 0 Å². The second-order valence-electron chi connectivity index (χ2n) is 18.4. The maximum Gasteiger partial charge on any atom is 0.0553 e. The molecule has 0 amide bonds. The highest BCUT2D eigenvalue weighted by atomic mass is 15.0. The van der Waals surface area contributed by atoms with Crippen LogP contribution in [0.1, 0.15) is 0 Å². The van der Waals surface area contributed by atoms with Gasteiger partial charge in [-0.15, -0.1) is 0 Å². The van der Waals surface area contributed by atoms with Gasteiger partial charge in [-0.3, -0.25) is 0 Å². The highest BCUT2D eigenvalue weighted by molar-refractivity contribution is 6.29. The Morgan fingerprint density at radius 1 is 0.188 bits per heavy atom. The molecule has 0 aliphatic carbocycles.